The van der Waals surface area contributed by atoms with Crippen LogP contribution in [0, 0.1) is 5.92 Å². The molecule has 2 heterocycles. The van der Waals surface area contributed by atoms with Crippen molar-refractivity contribution in [3.05, 3.63) is 12.2 Å². The standard InChI is InChI=1S/C44H82N2O3/c1-3-5-7-9-11-13-15-17-19-20-22-24-26-28-30-34-42-41(44(48)49-39-38-45-35-32-33-36-45)40-43(47)46(42)37-31-29-27-25-23-21-18-16-14-12-10-8-6-4-2/h17,19,41-42H,3-16,18,20-40H2,1-2H3/b19-17-/t41-,42+/m0/s1. The highest BCUT2D eigenvalue weighted by atomic mass is 16.5. The molecule has 0 spiro atoms. The van der Waals surface area contributed by atoms with Gasteiger partial charge in [-0.15, -0.1) is 0 Å². The third-order valence-corrected chi connectivity index (χ3v) is 11.2. The first-order chi connectivity index (χ1) is 24.2. The summed E-state index contributed by atoms with van der Waals surface area (Å²) in [5.74, 6) is -0.239. The lowest BCUT2D eigenvalue weighted by Crippen LogP contribution is -2.39. The molecular formula is C44H82N2O3. The number of rotatable bonds is 34. The van der Waals surface area contributed by atoms with Gasteiger partial charge in [0, 0.05) is 25.6 Å². The molecule has 0 N–H and O–H groups in total. The van der Waals surface area contributed by atoms with Gasteiger partial charge in [-0.3, -0.25) is 14.5 Å². The van der Waals surface area contributed by atoms with E-state index < -0.39 is 0 Å². The molecule has 49 heavy (non-hydrogen) atoms. The van der Waals surface area contributed by atoms with E-state index in [9.17, 15) is 9.59 Å². The first-order valence-electron chi connectivity index (χ1n) is 22.0. The predicted octanol–water partition coefficient (Wildman–Crippen LogP) is 12.4. The molecule has 5 nitrogen and oxygen atoms in total. The van der Waals surface area contributed by atoms with Gasteiger partial charge in [-0.25, -0.2) is 0 Å². The predicted molar refractivity (Wildman–Crippen MR) is 210 cm³/mol. The molecule has 0 bridgehead atoms. The zero-order valence-corrected chi connectivity index (χ0v) is 32.9. The quantitative estimate of drug-likeness (QED) is 0.0384. The lowest BCUT2D eigenvalue weighted by Gasteiger charge is -2.28. The lowest BCUT2D eigenvalue weighted by atomic mass is 9.94. The van der Waals surface area contributed by atoms with E-state index in [4.69, 9.17) is 4.74 Å². The number of amides is 1. The van der Waals surface area contributed by atoms with Crippen molar-refractivity contribution in [2.75, 3.05) is 32.8 Å². The number of ether oxygens (including phenoxy) is 1. The second-order valence-electron chi connectivity index (χ2n) is 15.7. The number of carbonyl (C=O) groups is 2. The molecule has 0 aromatic heterocycles. The summed E-state index contributed by atoms with van der Waals surface area (Å²) in [5.41, 5.74) is 0. The molecular weight excluding hydrogens is 604 g/mol. The van der Waals surface area contributed by atoms with Crippen LogP contribution in [0.15, 0.2) is 12.2 Å². The molecule has 2 saturated heterocycles. The van der Waals surface area contributed by atoms with Gasteiger partial charge in [-0.05, 0) is 64.5 Å². The van der Waals surface area contributed by atoms with Gasteiger partial charge in [0.05, 0.1) is 5.92 Å². The van der Waals surface area contributed by atoms with Crippen LogP contribution in [-0.4, -0.2) is 60.5 Å². The Hall–Kier alpha value is -1.36. The first kappa shape index (κ1) is 43.8. The van der Waals surface area contributed by atoms with E-state index in [2.05, 4.69) is 35.8 Å². The number of carbonyl (C=O) groups excluding carboxylic acids is 2. The number of esters is 1. The molecule has 2 aliphatic heterocycles. The maximum atomic E-state index is 13.3. The Morgan fingerprint density at radius 1 is 0.612 bits per heavy atom. The van der Waals surface area contributed by atoms with Crippen molar-refractivity contribution in [3.63, 3.8) is 0 Å². The molecule has 0 aliphatic carbocycles. The second kappa shape index (κ2) is 31.4. The summed E-state index contributed by atoms with van der Waals surface area (Å²) in [4.78, 5) is 30.9. The van der Waals surface area contributed by atoms with Gasteiger partial charge in [0.2, 0.25) is 5.91 Å². The second-order valence-corrected chi connectivity index (χ2v) is 15.7. The minimum absolute atomic E-state index is 0.0265. The van der Waals surface area contributed by atoms with Gasteiger partial charge in [-0.1, -0.05) is 167 Å². The monoisotopic (exact) mass is 687 g/mol. The Bertz CT molecular complexity index is 808. The molecule has 2 atom stereocenters. The van der Waals surface area contributed by atoms with Crippen LogP contribution in [0.1, 0.15) is 213 Å². The van der Waals surface area contributed by atoms with Crippen LogP contribution in [-0.2, 0) is 14.3 Å². The third-order valence-electron chi connectivity index (χ3n) is 11.2. The summed E-state index contributed by atoms with van der Waals surface area (Å²) in [6.07, 6.45) is 44.1. The molecule has 0 aromatic carbocycles. The van der Waals surface area contributed by atoms with Crippen molar-refractivity contribution in [3.8, 4) is 0 Å². The average molecular weight is 687 g/mol. The van der Waals surface area contributed by atoms with E-state index >= 15 is 0 Å². The number of nitrogens with zero attached hydrogens (tertiary/aromatic N) is 2. The molecule has 0 saturated carbocycles. The van der Waals surface area contributed by atoms with Crippen molar-refractivity contribution < 1.29 is 14.3 Å². The van der Waals surface area contributed by atoms with E-state index in [1.54, 1.807) is 0 Å². The zero-order valence-electron chi connectivity index (χ0n) is 32.9. The van der Waals surface area contributed by atoms with E-state index in [1.807, 2.05) is 0 Å². The molecule has 0 aromatic rings. The van der Waals surface area contributed by atoms with E-state index in [1.165, 1.54) is 173 Å². The normalized spacial score (nSPS) is 18.4. The summed E-state index contributed by atoms with van der Waals surface area (Å²) < 4.78 is 5.80. The SMILES string of the molecule is CCCCCCCC/C=C\CCCCCCC[C@@H]1[C@@H](C(=O)OCCN2CCCC2)CC(=O)N1CCCCCCCCCCCCCCCC. The number of likely N-dealkylation sites (tertiary alicyclic amines) is 2. The van der Waals surface area contributed by atoms with Gasteiger partial charge in [0.1, 0.15) is 6.61 Å². The minimum Gasteiger partial charge on any atom is -0.464 e. The molecule has 1 amide bonds. The summed E-state index contributed by atoms with van der Waals surface area (Å²) in [6, 6.07) is 0.0265. The van der Waals surface area contributed by atoms with Crippen molar-refractivity contribution in [1.82, 2.24) is 9.80 Å². The fourth-order valence-electron chi connectivity index (χ4n) is 8.02. The van der Waals surface area contributed by atoms with Crippen LogP contribution in [0.25, 0.3) is 0 Å². The molecule has 2 aliphatic rings. The Labute approximate surface area is 305 Å². The van der Waals surface area contributed by atoms with Gasteiger partial charge < -0.3 is 9.64 Å². The number of unbranched alkanes of at least 4 members (excludes halogenated alkanes) is 24. The first-order valence-corrected chi connectivity index (χ1v) is 22.0. The summed E-state index contributed by atoms with van der Waals surface area (Å²) in [7, 11) is 0. The molecule has 286 valence electrons. The molecule has 0 unspecified atom stereocenters. The number of hydrogen-bond donors (Lipinski definition) is 0. The summed E-state index contributed by atoms with van der Waals surface area (Å²) in [6.45, 7) is 8.90. The third kappa shape index (κ3) is 22.2. The van der Waals surface area contributed by atoms with Gasteiger partial charge in [-0.2, -0.15) is 0 Å². The van der Waals surface area contributed by atoms with Crippen LogP contribution in [0.5, 0.6) is 0 Å². The number of allylic oxidation sites excluding steroid dienone is 2. The fraction of sp³-hybridized carbons (Fsp3) is 0.909. The summed E-state index contributed by atoms with van der Waals surface area (Å²) in [5, 5.41) is 0. The fourth-order valence-corrected chi connectivity index (χ4v) is 8.02. The Morgan fingerprint density at radius 2 is 1.06 bits per heavy atom. The highest BCUT2D eigenvalue weighted by Crippen LogP contribution is 2.31. The van der Waals surface area contributed by atoms with Crippen LogP contribution in [0.4, 0.5) is 0 Å². The van der Waals surface area contributed by atoms with E-state index in [0.29, 0.717) is 13.0 Å². The molecule has 2 rings (SSSR count). The number of hydrogen-bond acceptors (Lipinski definition) is 4. The minimum atomic E-state index is -0.283. The van der Waals surface area contributed by atoms with Crippen LogP contribution >= 0.6 is 0 Å². The van der Waals surface area contributed by atoms with Crippen molar-refractivity contribution in [2.45, 2.75) is 219 Å². The Balaban J connectivity index is 1.63. The largest absolute Gasteiger partial charge is 0.464 e. The van der Waals surface area contributed by atoms with E-state index in [-0.39, 0.29) is 23.8 Å². The van der Waals surface area contributed by atoms with Crippen LogP contribution < -0.4 is 0 Å². The highest BCUT2D eigenvalue weighted by molar-refractivity contribution is 5.87. The van der Waals surface area contributed by atoms with Gasteiger partial charge in [0.15, 0.2) is 0 Å². The Kier molecular flexibility index (Phi) is 28.1. The van der Waals surface area contributed by atoms with Crippen LogP contribution in [0.2, 0.25) is 0 Å². The Morgan fingerprint density at radius 3 is 1.57 bits per heavy atom. The molecule has 5 heteroatoms. The topological polar surface area (TPSA) is 49.9 Å². The average Bonchev–Trinajstić information content (AvgIpc) is 3.74. The van der Waals surface area contributed by atoms with Gasteiger partial charge >= 0.3 is 5.97 Å². The van der Waals surface area contributed by atoms with Crippen molar-refractivity contribution in [1.29, 1.82) is 0 Å². The molecule has 0 radical (unpaired) electrons. The maximum absolute atomic E-state index is 13.3. The van der Waals surface area contributed by atoms with Gasteiger partial charge in [0.25, 0.3) is 0 Å². The highest BCUT2D eigenvalue weighted by Gasteiger charge is 2.43. The lowest BCUT2D eigenvalue weighted by molar-refractivity contribution is -0.150. The maximum Gasteiger partial charge on any atom is 0.311 e. The van der Waals surface area contributed by atoms with Crippen molar-refractivity contribution >= 4 is 11.9 Å². The molecule has 2 fully saturated rings. The summed E-state index contributed by atoms with van der Waals surface area (Å²) >= 11 is 0. The van der Waals surface area contributed by atoms with Crippen LogP contribution in [0.3, 0.4) is 0 Å². The van der Waals surface area contributed by atoms with Crippen molar-refractivity contribution in [2.24, 2.45) is 5.92 Å². The van der Waals surface area contributed by atoms with E-state index in [0.717, 1.165) is 45.4 Å². The smallest absolute Gasteiger partial charge is 0.311 e. The zero-order chi connectivity index (χ0) is 35.0.